The lowest BCUT2D eigenvalue weighted by Gasteiger charge is -2.34. The number of primary amides is 1. The van der Waals surface area contributed by atoms with Crippen LogP contribution in [0.4, 0.5) is 5.82 Å². The molecule has 2 N–H and O–H groups in total. The molecule has 2 heterocycles. The van der Waals surface area contributed by atoms with Gasteiger partial charge in [0.25, 0.3) is 0 Å². The molecule has 0 aliphatic carbocycles. The smallest absolute Gasteiger partial charge is 0.330 e. The van der Waals surface area contributed by atoms with Gasteiger partial charge in [0.05, 0.1) is 25.9 Å². The van der Waals surface area contributed by atoms with Crippen LogP contribution in [0.1, 0.15) is 10.4 Å². The number of nitrogens with two attached hydrogens (primary N) is 1. The summed E-state index contributed by atoms with van der Waals surface area (Å²) in [4.78, 5) is 28.6. The highest BCUT2D eigenvalue weighted by molar-refractivity contribution is 5.92. The zero-order chi connectivity index (χ0) is 13.8. The molecule has 7 heteroatoms. The molecule has 1 aromatic rings. The fourth-order valence-corrected chi connectivity index (χ4v) is 1.91. The van der Waals surface area contributed by atoms with Gasteiger partial charge in [-0.3, -0.25) is 4.79 Å². The van der Waals surface area contributed by atoms with Gasteiger partial charge in [0.15, 0.2) is 6.04 Å². The first-order valence-electron chi connectivity index (χ1n) is 5.81. The number of rotatable bonds is 3. The Labute approximate surface area is 110 Å². The van der Waals surface area contributed by atoms with Gasteiger partial charge >= 0.3 is 5.97 Å². The minimum Gasteiger partial charge on any atom is -0.467 e. The van der Waals surface area contributed by atoms with Crippen molar-refractivity contribution in [3.05, 3.63) is 23.9 Å². The lowest BCUT2D eigenvalue weighted by atomic mass is 10.2. The average Bonchev–Trinajstić information content (AvgIpc) is 2.46. The van der Waals surface area contributed by atoms with Crippen LogP contribution in [0.5, 0.6) is 0 Å². The average molecular weight is 265 g/mol. The Morgan fingerprint density at radius 2 is 2.32 bits per heavy atom. The van der Waals surface area contributed by atoms with Gasteiger partial charge < -0.3 is 20.1 Å². The molecular weight excluding hydrogens is 250 g/mol. The first-order valence-corrected chi connectivity index (χ1v) is 5.81. The number of amides is 1. The van der Waals surface area contributed by atoms with Crippen molar-refractivity contribution < 1.29 is 19.1 Å². The normalized spacial score (nSPS) is 19.0. The molecule has 1 aromatic heterocycles. The van der Waals surface area contributed by atoms with Gasteiger partial charge in [-0.1, -0.05) is 0 Å². The Kier molecular flexibility index (Phi) is 3.96. The van der Waals surface area contributed by atoms with E-state index in [4.69, 9.17) is 15.2 Å². The van der Waals surface area contributed by atoms with Gasteiger partial charge in [0, 0.05) is 12.7 Å². The van der Waals surface area contributed by atoms with Crippen LogP contribution in [0.2, 0.25) is 0 Å². The van der Waals surface area contributed by atoms with Crippen LogP contribution in [-0.2, 0) is 14.3 Å². The molecule has 19 heavy (non-hydrogen) atoms. The fraction of sp³-hybridized carbons (Fsp3) is 0.417. The number of ether oxygens (including phenoxy) is 2. The summed E-state index contributed by atoms with van der Waals surface area (Å²) < 4.78 is 10.0. The third-order valence-electron chi connectivity index (χ3n) is 2.93. The number of carbonyl (C=O) groups excluding carboxylic acids is 2. The van der Waals surface area contributed by atoms with E-state index < -0.39 is 11.9 Å². The van der Waals surface area contributed by atoms with Crippen molar-refractivity contribution in [2.45, 2.75) is 6.04 Å². The highest BCUT2D eigenvalue weighted by Gasteiger charge is 2.31. The van der Waals surface area contributed by atoms with Crippen molar-refractivity contribution in [2.75, 3.05) is 31.8 Å². The van der Waals surface area contributed by atoms with Crippen LogP contribution < -0.4 is 10.6 Å². The van der Waals surface area contributed by atoms with Crippen LogP contribution in [0.25, 0.3) is 0 Å². The van der Waals surface area contributed by atoms with Gasteiger partial charge in [-0.2, -0.15) is 0 Å². The molecule has 0 aromatic carbocycles. The Hall–Kier alpha value is -2.15. The highest BCUT2D eigenvalue weighted by Crippen LogP contribution is 2.18. The van der Waals surface area contributed by atoms with Gasteiger partial charge in [-0.05, 0) is 12.1 Å². The molecule has 1 saturated heterocycles. The fourth-order valence-electron chi connectivity index (χ4n) is 1.91. The van der Waals surface area contributed by atoms with E-state index in [1.54, 1.807) is 17.0 Å². The molecular formula is C12H15N3O4. The number of nitrogens with zero attached hydrogens (tertiary/aromatic N) is 2. The van der Waals surface area contributed by atoms with Gasteiger partial charge in [0.2, 0.25) is 5.91 Å². The number of anilines is 1. The summed E-state index contributed by atoms with van der Waals surface area (Å²) in [6.45, 7) is 1.29. The zero-order valence-corrected chi connectivity index (χ0v) is 10.5. The standard InChI is InChI=1S/C12H15N3O4/c1-18-12(17)9-7-19-5-4-15(9)10-3-2-8(6-14-10)11(13)16/h2-3,6,9H,4-5,7H2,1H3,(H2,13,16). The minimum atomic E-state index is -0.537. The molecule has 0 bridgehead atoms. The number of aromatic nitrogens is 1. The lowest BCUT2D eigenvalue weighted by Crippen LogP contribution is -2.51. The Morgan fingerprint density at radius 1 is 1.53 bits per heavy atom. The summed E-state index contributed by atoms with van der Waals surface area (Å²) in [5.41, 5.74) is 5.48. The summed E-state index contributed by atoms with van der Waals surface area (Å²) in [5, 5.41) is 0. The SMILES string of the molecule is COC(=O)C1COCCN1c1ccc(C(N)=O)cn1. The predicted octanol–water partition coefficient (Wildman–Crippen LogP) is -0.441. The van der Waals surface area contributed by atoms with Crippen LogP contribution in [0, 0.1) is 0 Å². The lowest BCUT2D eigenvalue weighted by molar-refractivity contribution is -0.144. The number of esters is 1. The summed E-state index contributed by atoms with van der Waals surface area (Å²) in [6.07, 6.45) is 1.39. The quantitative estimate of drug-likeness (QED) is 0.744. The highest BCUT2D eigenvalue weighted by atomic mass is 16.5. The number of morpholine rings is 1. The van der Waals surface area contributed by atoms with Crippen LogP contribution in [0.15, 0.2) is 18.3 Å². The zero-order valence-electron chi connectivity index (χ0n) is 10.5. The van der Waals surface area contributed by atoms with Crippen LogP contribution in [0.3, 0.4) is 0 Å². The van der Waals surface area contributed by atoms with E-state index in [0.29, 0.717) is 24.5 Å². The number of hydrogen-bond donors (Lipinski definition) is 1. The second-order valence-corrected chi connectivity index (χ2v) is 4.08. The number of methoxy groups -OCH3 is 1. The van der Waals surface area contributed by atoms with E-state index in [1.165, 1.54) is 13.3 Å². The monoisotopic (exact) mass is 265 g/mol. The molecule has 102 valence electrons. The molecule has 1 aliphatic rings. The summed E-state index contributed by atoms with van der Waals surface area (Å²) in [5.74, 6) is -0.324. The minimum absolute atomic E-state index is 0.256. The van der Waals surface area contributed by atoms with Crippen molar-refractivity contribution in [2.24, 2.45) is 5.73 Å². The molecule has 2 rings (SSSR count). The molecule has 0 radical (unpaired) electrons. The van der Waals surface area contributed by atoms with Crippen molar-refractivity contribution in [3.63, 3.8) is 0 Å². The number of hydrogen-bond acceptors (Lipinski definition) is 6. The Balaban J connectivity index is 2.22. The number of carbonyl (C=O) groups is 2. The molecule has 1 fully saturated rings. The van der Waals surface area contributed by atoms with E-state index in [2.05, 4.69) is 4.98 Å². The second-order valence-electron chi connectivity index (χ2n) is 4.08. The summed E-state index contributed by atoms with van der Waals surface area (Å²) >= 11 is 0. The second kappa shape index (κ2) is 5.66. The van der Waals surface area contributed by atoms with E-state index in [-0.39, 0.29) is 12.6 Å². The maximum absolute atomic E-state index is 11.7. The maximum Gasteiger partial charge on any atom is 0.330 e. The van der Waals surface area contributed by atoms with Gasteiger partial charge in [0.1, 0.15) is 5.82 Å². The predicted molar refractivity (Wildman–Crippen MR) is 66.7 cm³/mol. The van der Waals surface area contributed by atoms with Gasteiger partial charge in [-0.15, -0.1) is 0 Å². The first kappa shape index (κ1) is 13.3. The topological polar surface area (TPSA) is 94.8 Å². The third-order valence-corrected chi connectivity index (χ3v) is 2.93. The van der Waals surface area contributed by atoms with E-state index in [0.717, 1.165) is 0 Å². The van der Waals surface area contributed by atoms with Crippen molar-refractivity contribution in [3.8, 4) is 0 Å². The molecule has 1 unspecified atom stereocenters. The van der Waals surface area contributed by atoms with Crippen molar-refractivity contribution in [1.82, 2.24) is 4.98 Å². The summed E-state index contributed by atoms with van der Waals surface area (Å²) in [6, 6.07) is 2.71. The molecule has 1 amide bonds. The first-order chi connectivity index (χ1) is 9.13. The molecule has 0 saturated carbocycles. The van der Waals surface area contributed by atoms with Gasteiger partial charge in [-0.25, -0.2) is 9.78 Å². The maximum atomic E-state index is 11.7. The summed E-state index contributed by atoms with van der Waals surface area (Å²) in [7, 11) is 1.33. The number of pyridine rings is 1. The molecule has 7 nitrogen and oxygen atoms in total. The Bertz CT molecular complexity index is 474. The van der Waals surface area contributed by atoms with Crippen LogP contribution in [-0.4, -0.2) is 49.8 Å². The Morgan fingerprint density at radius 3 is 2.89 bits per heavy atom. The van der Waals surface area contributed by atoms with E-state index in [9.17, 15) is 9.59 Å². The molecule has 0 spiro atoms. The largest absolute Gasteiger partial charge is 0.467 e. The van der Waals surface area contributed by atoms with E-state index in [1.807, 2.05) is 0 Å². The molecule has 1 aliphatic heterocycles. The third kappa shape index (κ3) is 2.82. The van der Waals surface area contributed by atoms with Crippen molar-refractivity contribution >= 4 is 17.7 Å². The molecule has 1 atom stereocenters. The van der Waals surface area contributed by atoms with Crippen LogP contribution >= 0.6 is 0 Å². The van der Waals surface area contributed by atoms with Crippen molar-refractivity contribution in [1.29, 1.82) is 0 Å². The van der Waals surface area contributed by atoms with E-state index >= 15 is 0 Å².